The number of amides is 1. The number of nitriles is 1. The average Bonchev–Trinajstić information content (AvgIpc) is 3.00. The first kappa shape index (κ1) is 23.4. The van der Waals surface area contributed by atoms with E-state index in [1.165, 1.54) is 39.9 Å². The molecule has 0 radical (unpaired) electrons. The van der Waals surface area contributed by atoms with Crippen LogP contribution < -0.4 is 5.32 Å². The lowest BCUT2D eigenvalue weighted by atomic mass is 9.97. The van der Waals surface area contributed by atoms with Crippen molar-refractivity contribution >= 4 is 42.1 Å². The number of thiophene rings is 1. The maximum Gasteiger partial charge on any atom is 0.243 e. The number of rotatable bonds is 5. The number of benzene rings is 1. The lowest BCUT2D eigenvalue weighted by molar-refractivity contribution is -0.120. The highest BCUT2D eigenvalue weighted by molar-refractivity contribution is 7.90. The molecule has 0 bridgehead atoms. The number of anilines is 1. The van der Waals surface area contributed by atoms with Gasteiger partial charge in [-0.25, -0.2) is 16.8 Å². The first-order chi connectivity index (χ1) is 14.4. The van der Waals surface area contributed by atoms with Gasteiger partial charge in [0.25, 0.3) is 0 Å². The number of hydrogen-bond donors (Lipinski definition) is 1. The molecule has 1 saturated heterocycles. The van der Waals surface area contributed by atoms with Gasteiger partial charge >= 0.3 is 0 Å². The predicted molar refractivity (Wildman–Crippen MR) is 118 cm³/mol. The molecule has 1 N–H and O–H groups in total. The van der Waals surface area contributed by atoms with E-state index < -0.39 is 19.9 Å². The molecule has 1 aliphatic heterocycles. The van der Waals surface area contributed by atoms with Crippen LogP contribution in [0.1, 0.15) is 28.8 Å². The van der Waals surface area contributed by atoms with Crippen molar-refractivity contribution in [3.05, 3.63) is 40.3 Å². The molecule has 0 spiro atoms. The van der Waals surface area contributed by atoms with Crippen LogP contribution in [0.15, 0.2) is 34.1 Å². The molecular weight excluding hydrogens is 458 g/mol. The Kier molecular flexibility index (Phi) is 6.57. The number of sulfonamides is 1. The summed E-state index contributed by atoms with van der Waals surface area (Å²) in [4.78, 5) is 13.7. The largest absolute Gasteiger partial charge is 0.316 e. The Morgan fingerprint density at radius 2 is 1.65 bits per heavy atom. The molecule has 0 saturated carbocycles. The molecule has 2 aromatic rings. The fourth-order valence-electron chi connectivity index (χ4n) is 3.43. The van der Waals surface area contributed by atoms with E-state index in [1.54, 1.807) is 0 Å². The van der Waals surface area contributed by atoms with Crippen molar-refractivity contribution in [2.75, 3.05) is 24.7 Å². The Morgan fingerprint density at radius 1 is 1.10 bits per heavy atom. The van der Waals surface area contributed by atoms with Crippen LogP contribution in [-0.2, 0) is 24.7 Å². The maximum absolute atomic E-state index is 12.9. The Hall–Kier alpha value is -2.26. The zero-order chi connectivity index (χ0) is 23.0. The molecule has 1 amide bonds. The van der Waals surface area contributed by atoms with E-state index in [1.807, 2.05) is 13.8 Å². The molecule has 31 heavy (non-hydrogen) atoms. The fraction of sp³-hybridized carbons (Fsp3) is 0.400. The second-order valence-corrected chi connectivity index (χ2v) is 12.7. The standard InChI is InChI=1S/C20H23N3O5S3/c1-13-14(2)29-20(18(13)12-21)22-19(24)15-8-10-23(11-9-15)31(27,28)17-6-4-16(5-7-17)30(3,25)26/h4-7,15H,8-11H2,1-3H3,(H,22,24). The van der Waals surface area contributed by atoms with Crippen LogP contribution in [0, 0.1) is 31.1 Å². The molecule has 8 nitrogen and oxygen atoms in total. The zero-order valence-electron chi connectivity index (χ0n) is 17.4. The molecule has 166 valence electrons. The fourth-order valence-corrected chi connectivity index (χ4v) is 6.54. The third-order valence-electron chi connectivity index (χ3n) is 5.45. The summed E-state index contributed by atoms with van der Waals surface area (Å²) in [7, 11) is -7.19. The van der Waals surface area contributed by atoms with E-state index in [2.05, 4.69) is 11.4 Å². The summed E-state index contributed by atoms with van der Waals surface area (Å²) in [5.41, 5.74) is 1.32. The van der Waals surface area contributed by atoms with Gasteiger partial charge in [0.15, 0.2) is 9.84 Å². The van der Waals surface area contributed by atoms with Crippen LogP contribution >= 0.6 is 11.3 Å². The van der Waals surface area contributed by atoms with Crippen LogP contribution in [0.4, 0.5) is 5.00 Å². The average molecular weight is 482 g/mol. The van der Waals surface area contributed by atoms with Crippen LogP contribution in [0.25, 0.3) is 0 Å². The number of sulfone groups is 1. The number of hydrogen-bond acceptors (Lipinski definition) is 7. The summed E-state index contributed by atoms with van der Waals surface area (Å²) < 4.78 is 50.2. The third kappa shape index (κ3) is 4.82. The van der Waals surface area contributed by atoms with Crippen LogP contribution in [-0.4, -0.2) is 46.4 Å². The highest BCUT2D eigenvalue weighted by atomic mass is 32.2. The normalized spacial score (nSPS) is 16.1. The van der Waals surface area contributed by atoms with Gasteiger partial charge in [-0.3, -0.25) is 4.79 Å². The number of aryl methyl sites for hydroxylation is 1. The lowest BCUT2D eigenvalue weighted by Gasteiger charge is -2.30. The number of piperidine rings is 1. The van der Waals surface area contributed by atoms with Crippen molar-refractivity contribution < 1.29 is 21.6 Å². The molecule has 1 aromatic heterocycles. The summed E-state index contributed by atoms with van der Waals surface area (Å²) in [5, 5.41) is 12.7. The molecule has 1 aromatic carbocycles. The van der Waals surface area contributed by atoms with Gasteiger partial charge in [0, 0.05) is 30.1 Å². The maximum atomic E-state index is 12.9. The first-order valence-electron chi connectivity index (χ1n) is 9.56. The smallest absolute Gasteiger partial charge is 0.243 e. The summed E-state index contributed by atoms with van der Waals surface area (Å²) >= 11 is 1.36. The van der Waals surface area contributed by atoms with E-state index >= 15 is 0 Å². The molecule has 1 fully saturated rings. The van der Waals surface area contributed by atoms with E-state index in [0.29, 0.717) is 23.4 Å². The number of carbonyl (C=O) groups is 1. The quantitative estimate of drug-likeness (QED) is 0.700. The SMILES string of the molecule is Cc1sc(NC(=O)C2CCN(S(=O)(=O)c3ccc(S(C)(=O)=O)cc3)CC2)c(C#N)c1C. The Balaban J connectivity index is 1.67. The van der Waals surface area contributed by atoms with E-state index in [4.69, 9.17) is 0 Å². The zero-order valence-corrected chi connectivity index (χ0v) is 19.8. The van der Waals surface area contributed by atoms with Gasteiger partial charge in [0.1, 0.15) is 11.1 Å². The monoisotopic (exact) mass is 481 g/mol. The van der Waals surface area contributed by atoms with Crippen molar-refractivity contribution in [2.24, 2.45) is 5.92 Å². The predicted octanol–water partition coefficient (Wildman–Crippen LogP) is 2.68. The number of nitrogens with one attached hydrogen (secondary N) is 1. The Labute approximate surface area is 186 Å². The van der Waals surface area contributed by atoms with Gasteiger partial charge in [-0.05, 0) is 56.5 Å². The summed E-state index contributed by atoms with van der Waals surface area (Å²) in [5.74, 6) is -0.569. The Morgan fingerprint density at radius 3 is 2.16 bits per heavy atom. The summed E-state index contributed by atoms with van der Waals surface area (Å²) in [6.45, 7) is 4.10. The van der Waals surface area contributed by atoms with Crippen molar-refractivity contribution in [3.63, 3.8) is 0 Å². The topological polar surface area (TPSA) is 124 Å². The number of carbonyl (C=O) groups excluding carboxylic acids is 1. The van der Waals surface area contributed by atoms with Gasteiger partial charge in [0.05, 0.1) is 15.4 Å². The molecule has 0 aliphatic carbocycles. The van der Waals surface area contributed by atoms with Gasteiger partial charge < -0.3 is 5.32 Å². The highest BCUT2D eigenvalue weighted by Gasteiger charge is 2.32. The Bertz CT molecular complexity index is 1250. The van der Waals surface area contributed by atoms with Gasteiger partial charge in [-0.2, -0.15) is 9.57 Å². The number of nitrogens with zero attached hydrogens (tertiary/aromatic N) is 2. The molecule has 1 aliphatic rings. The lowest BCUT2D eigenvalue weighted by Crippen LogP contribution is -2.41. The summed E-state index contributed by atoms with van der Waals surface area (Å²) in [6, 6.07) is 7.25. The molecule has 2 heterocycles. The van der Waals surface area contributed by atoms with Crippen molar-refractivity contribution in [2.45, 2.75) is 36.5 Å². The first-order valence-corrected chi connectivity index (χ1v) is 13.7. The molecule has 11 heteroatoms. The van der Waals surface area contributed by atoms with E-state index in [9.17, 15) is 26.9 Å². The highest BCUT2D eigenvalue weighted by Crippen LogP contribution is 2.33. The minimum atomic E-state index is -3.78. The second kappa shape index (κ2) is 8.70. The second-order valence-electron chi connectivity index (χ2n) is 7.51. The van der Waals surface area contributed by atoms with Crippen LogP contribution in [0.5, 0.6) is 0 Å². The minimum absolute atomic E-state index is 0.0194. The van der Waals surface area contributed by atoms with Gasteiger partial charge in [0.2, 0.25) is 15.9 Å². The molecule has 0 atom stereocenters. The third-order valence-corrected chi connectivity index (χ3v) is 9.61. The van der Waals surface area contributed by atoms with Crippen LogP contribution in [0.3, 0.4) is 0 Å². The van der Waals surface area contributed by atoms with E-state index in [-0.39, 0.29) is 34.7 Å². The van der Waals surface area contributed by atoms with Gasteiger partial charge in [-0.1, -0.05) is 0 Å². The summed E-state index contributed by atoms with van der Waals surface area (Å²) in [6.07, 6.45) is 1.78. The van der Waals surface area contributed by atoms with E-state index in [0.717, 1.165) is 16.7 Å². The van der Waals surface area contributed by atoms with Crippen molar-refractivity contribution in [3.8, 4) is 6.07 Å². The molecular formula is C20H23N3O5S3. The molecule has 3 rings (SSSR count). The van der Waals surface area contributed by atoms with Crippen molar-refractivity contribution in [1.82, 2.24) is 4.31 Å². The minimum Gasteiger partial charge on any atom is -0.316 e. The van der Waals surface area contributed by atoms with Crippen molar-refractivity contribution in [1.29, 1.82) is 5.26 Å². The van der Waals surface area contributed by atoms with Gasteiger partial charge in [-0.15, -0.1) is 11.3 Å². The molecule has 0 unspecified atom stereocenters. The van der Waals surface area contributed by atoms with Crippen LogP contribution in [0.2, 0.25) is 0 Å².